The molecule has 1 aromatic rings. The van der Waals surface area contributed by atoms with E-state index >= 15 is 0 Å². The van der Waals surface area contributed by atoms with Crippen LogP contribution in [0.4, 0.5) is 0 Å². The van der Waals surface area contributed by atoms with Crippen molar-refractivity contribution >= 4 is 8.60 Å². The van der Waals surface area contributed by atoms with Crippen molar-refractivity contribution in [3.63, 3.8) is 0 Å². The smallest absolute Gasteiger partial charge is 0.391 e. The zero-order valence-electron chi connectivity index (χ0n) is 20.8. The number of unbranched alkanes of at least 4 members (excludes halogenated alkanes) is 12. The van der Waals surface area contributed by atoms with Crippen LogP contribution < -0.4 is 4.52 Å². The molecule has 0 amide bonds. The lowest BCUT2D eigenvalue weighted by atomic mass is 9.79. The molecule has 3 nitrogen and oxygen atoms in total. The molecule has 0 spiro atoms. The van der Waals surface area contributed by atoms with Gasteiger partial charge in [0, 0.05) is 0 Å². The minimum atomic E-state index is -2.39. The first kappa shape index (κ1) is 28.4. The van der Waals surface area contributed by atoms with E-state index in [-0.39, 0.29) is 5.41 Å². The highest BCUT2D eigenvalue weighted by Gasteiger charge is 2.22. The van der Waals surface area contributed by atoms with E-state index in [1.54, 1.807) is 0 Å². The Morgan fingerprint density at radius 3 is 1.81 bits per heavy atom. The van der Waals surface area contributed by atoms with Gasteiger partial charge in [0.25, 0.3) is 0 Å². The average molecular weight is 453 g/mol. The van der Waals surface area contributed by atoms with Gasteiger partial charge in [-0.05, 0) is 41.9 Å². The summed E-state index contributed by atoms with van der Waals surface area (Å²) in [5.41, 5.74) is 2.39. The van der Waals surface area contributed by atoms with Crippen LogP contribution in [0.5, 0.6) is 5.75 Å². The van der Waals surface area contributed by atoms with Gasteiger partial charge < -0.3 is 14.3 Å². The molecule has 0 aliphatic carbocycles. The quantitative estimate of drug-likeness (QED) is 0.163. The lowest BCUT2D eigenvalue weighted by molar-refractivity contribution is 0.371. The zero-order valence-corrected chi connectivity index (χ0v) is 21.7. The predicted octanol–water partition coefficient (Wildman–Crippen LogP) is 8.99. The van der Waals surface area contributed by atoms with E-state index in [9.17, 15) is 9.79 Å². The van der Waals surface area contributed by atoms with Crippen molar-refractivity contribution in [2.24, 2.45) is 0 Å². The summed E-state index contributed by atoms with van der Waals surface area (Å²) in [6, 6.07) is 6.42. The van der Waals surface area contributed by atoms with Gasteiger partial charge >= 0.3 is 8.60 Å². The van der Waals surface area contributed by atoms with Gasteiger partial charge in [-0.2, -0.15) is 0 Å². The SMILES string of the molecule is CCCCCCCCCc1ccc(C(C)(C)CCCCCCCCC)cc1OP(O)O. The highest BCUT2D eigenvalue weighted by Crippen LogP contribution is 2.38. The normalized spacial score (nSPS) is 12.0. The molecule has 0 heterocycles. The highest BCUT2D eigenvalue weighted by atomic mass is 31.2. The molecule has 31 heavy (non-hydrogen) atoms. The van der Waals surface area contributed by atoms with Crippen LogP contribution in [0, 0.1) is 0 Å². The molecule has 1 aromatic carbocycles. The Morgan fingerprint density at radius 2 is 1.26 bits per heavy atom. The maximum Gasteiger partial charge on any atom is 0.391 e. The number of rotatable bonds is 19. The minimum absolute atomic E-state index is 0.0625. The van der Waals surface area contributed by atoms with Crippen LogP contribution in [0.3, 0.4) is 0 Å². The standard InChI is InChI=1S/C27H49O3P/c1-5-7-9-11-13-15-17-19-24-20-21-25(23-26(24)30-31(28)29)27(3,4)22-18-16-14-12-10-8-6-2/h20-21,23,28-29H,5-19,22H2,1-4H3. The summed E-state index contributed by atoms with van der Waals surface area (Å²) in [5.74, 6) is 0.659. The van der Waals surface area contributed by atoms with Crippen molar-refractivity contribution in [2.45, 2.75) is 136 Å². The molecule has 180 valence electrons. The van der Waals surface area contributed by atoms with Crippen LogP contribution in [-0.4, -0.2) is 9.79 Å². The van der Waals surface area contributed by atoms with E-state index < -0.39 is 8.60 Å². The molecule has 1 rings (SSSR count). The van der Waals surface area contributed by atoms with Crippen molar-refractivity contribution < 1.29 is 14.3 Å². The molecule has 0 bridgehead atoms. The van der Waals surface area contributed by atoms with Crippen molar-refractivity contribution in [1.82, 2.24) is 0 Å². The Morgan fingerprint density at radius 1 is 0.742 bits per heavy atom. The third-order valence-electron chi connectivity index (χ3n) is 6.48. The van der Waals surface area contributed by atoms with Crippen LogP contribution in [-0.2, 0) is 11.8 Å². The van der Waals surface area contributed by atoms with Gasteiger partial charge in [0.1, 0.15) is 5.75 Å². The second-order valence-electron chi connectivity index (χ2n) is 9.79. The summed E-state index contributed by atoms with van der Waals surface area (Å²) in [5, 5.41) is 0. The first-order chi connectivity index (χ1) is 14.9. The van der Waals surface area contributed by atoms with Crippen LogP contribution in [0.15, 0.2) is 18.2 Å². The number of hydrogen-bond donors (Lipinski definition) is 2. The molecule has 0 fully saturated rings. The fourth-order valence-corrected chi connectivity index (χ4v) is 4.64. The first-order valence-corrected chi connectivity index (χ1v) is 14.1. The van der Waals surface area contributed by atoms with E-state index in [2.05, 4.69) is 45.9 Å². The molecule has 0 saturated carbocycles. The third kappa shape index (κ3) is 12.9. The Bertz CT molecular complexity index is 572. The number of hydrogen-bond acceptors (Lipinski definition) is 3. The van der Waals surface area contributed by atoms with E-state index in [4.69, 9.17) is 4.52 Å². The molecular weight excluding hydrogens is 403 g/mol. The summed E-state index contributed by atoms with van der Waals surface area (Å²) in [7, 11) is -2.39. The van der Waals surface area contributed by atoms with Crippen molar-refractivity contribution in [3.8, 4) is 5.75 Å². The van der Waals surface area contributed by atoms with Gasteiger partial charge in [-0.1, -0.05) is 123 Å². The van der Waals surface area contributed by atoms with E-state index in [0.717, 1.165) is 24.8 Å². The van der Waals surface area contributed by atoms with Gasteiger partial charge in [0.05, 0.1) is 0 Å². The summed E-state index contributed by atoms with van der Waals surface area (Å²) in [6.07, 6.45) is 20.2. The predicted molar refractivity (Wildman–Crippen MR) is 136 cm³/mol. The summed E-state index contributed by atoms with van der Waals surface area (Å²) >= 11 is 0. The largest absolute Gasteiger partial charge is 0.427 e. The molecule has 0 unspecified atom stereocenters. The van der Waals surface area contributed by atoms with Gasteiger partial charge in [-0.25, -0.2) is 0 Å². The Kier molecular flexibility index (Phi) is 15.5. The molecule has 0 aromatic heterocycles. The third-order valence-corrected chi connectivity index (χ3v) is 6.84. The van der Waals surface area contributed by atoms with Crippen LogP contribution in [0.25, 0.3) is 0 Å². The molecular formula is C27H49O3P. The fraction of sp³-hybridized carbons (Fsp3) is 0.778. The fourth-order valence-electron chi connectivity index (χ4n) is 4.30. The monoisotopic (exact) mass is 452 g/mol. The molecule has 0 radical (unpaired) electrons. The number of aryl methyl sites for hydroxylation is 1. The number of benzene rings is 1. The maximum atomic E-state index is 9.48. The van der Waals surface area contributed by atoms with Crippen molar-refractivity contribution in [1.29, 1.82) is 0 Å². The average Bonchev–Trinajstić information content (AvgIpc) is 2.72. The molecule has 0 atom stereocenters. The van der Waals surface area contributed by atoms with E-state index in [1.165, 1.54) is 89.0 Å². The lowest BCUT2D eigenvalue weighted by Gasteiger charge is -2.27. The minimum Gasteiger partial charge on any atom is -0.427 e. The highest BCUT2D eigenvalue weighted by molar-refractivity contribution is 7.39. The van der Waals surface area contributed by atoms with Crippen LogP contribution >= 0.6 is 8.60 Å². The Hall–Kier alpha value is -0.630. The van der Waals surface area contributed by atoms with E-state index in [0.29, 0.717) is 5.75 Å². The van der Waals surface area contributed by atoms with Gasteiger partial charge in [0.2, 0.25) is 0 Å². The molecule has 0 saturated heterocycles. The Labute approximate surface area is 194 Å². The van der Waals surface area contributed by atoms with Crippen molar-refractivity contribution in [2.75, 3.05) is 0 Å². The van der Waals surface area contributed by atoms with Gasteiger partial charge in [-0.15, -0.1) is 0 Å². The molecule has 4 heteroatoms. The second-order valence-corrected chi connectivity index (χ2v) is 10.5. The van der Waals surface area contributed by atoms with Crippen LogP contribution in [0.1, 0.15) is 135 Å². The van der Waals surface area contributed by atoms with Crippen molar-refractivity contribution in [3.05, 3.63) is 29.3 Å². The molecule has 2 N–H and O–H groups in total. The molecule has 0 aliphatic rings. The topological polar surface area (TPSA) is 49.7 Å². The van der Waals surface area contributed by atoms with Gasteiger partial charge in [0.15, 0.2) is 0 Å². The van der Waals surface area contributed by atoms with Gasteiger partial charge in [-0.3, -0.25) is 0 Å². The first-order valence-electron chi connectivity index (χ1n) is 12.9. The summed E-state index contributed by atoms with van der Waals surface area (Å²) in [4.78, 5) is 19.0. The molecule has 0 aliphatic heterocycles. The summed E-state index contributed by atoms with van der Waals surface area (Å²) < 4.78 is 5.45. The zero-order chi connectivity index (χ0) is 23.0. The summed E-state index contributed by atoms with van der Waals surface area (Å²) in [6.45, 7) is 9.09. The maximum absolute atomic E-state index is 9.48. The van der Waals surface area contributed by atoms with Crippen LogP contribution in [0.2, 0.25) is 0 Å². The Balaban J connectivity index is 2.58. The lowest BCUT2D eigenvalue weighted by Crippen LogP contribution is -2.17. The van der Waals surface area contributed by atoms with E-state index in [1.807, 2.05) is 0 Å². The second kappa shape index (κ2) is 16.9.